The average Bonchev–Trinajstić information content (AvgIpc) is 3.43. The van der Waals surface area contributed by atoms with E-state index in [4.69, 9.17) is 14.5 Å². The van der Waals surface area contributed by atoms with Gasteiger partial charge in [0.2, 0.25) is 0 Å². The fraction of sp³-hybridized carbons (Fsp3) is 0.103. The van der Waals surface area contributed by atoms with Gasteiger partial charge in [0, 0.05) is 12.5 Å². The van der Waals surface area contributed by atoms with E-state index in [1.165, 1.54) is 5.56 Å². The Balaban J connectivity index is 1.15. The highest BCUT2D eigenvalue weighted by Crippen LogP contribution is 2.34. The molecular formula is C29H23N3O2. The molecule has 2 heterocycles. The van der Waals surface area contributed by atoms with Crippen molar-refractivity contribution in [1.82, 2.24) is 9.97 Å². The maximum Gasteiger partial charge on any atom is 0.129 e. The molecule has 0 bridgehead atoms. The number of aromatic amines is 1. The second-order valence-corrected chi connectivity index (χ2v) is 8.57. The van der Waals surface area contributed by atoms with Crippen LogP contribution >= 0.6 is 0 Å². The summed E-state index contributed by atoms with van der Waals surface area (Å²) in [5, 5.41) is 0. The summed E-state index contributed by atoms with van der Waals surface area (Å²) in [6.07, 6.45) is 0.767. The molecule has 0 aliphatic carbocycles. The molecule has 1 N–H and O–H groups in total. The van der Waals surface area contributed by atoms with Gasteiger partial charge >= 0.3 is 0 Å². The minimum absolute atomic E-state index is 0.767. The van der Waals surface area contributed by atoms with Gasteiger partial charge in [-0.3, -0.25) is 4.99 Å². The Labute approximate surface area is 197 Å². The summed E-state index contributed by atoms with van der Waals surface area (Å²) in [6, 6.07) is 28.1. The topological polar surface area (TPSA) is 59.5 Å². The minimum Gasteiger partial charge on any atom is -0.457 e. The summed E-state index contributed by atoms with van der Waals surface area (Å²) in [4.78, 5) is 12.5. The zero-order chi connectivity index (χ0) is 23.1. The summed E-state index contributed by atoms with van der Waals surface area (Å²) in [5.74, 6) is 4.11. The van der Waals surface area contributed by atoms with Gasteiger partial charge in [0.05, 0.1) is 22.4 Å². The lowest BCUT2D eigenvalue weighted by molar-refractivity contribution is 0.482. The van der Waals surface area contributed by atoms with Crippen molar-refractivity contribution in [3.05, 3.63) is 107 Å². The van der Waals surface area contributed by atoms with Gasteiger partial charge in [-0.05, 0) is 91.7 Å². The number of ether oxygens (including phenoxy) is 2. The molecule has 0 saturated carbocycles. The number of benzene rings is 4. The van der Waals surface area contributed by atoms with Gasteiger partial charge in [0.25, 0.3) is 0 Å². The third-order valence-corrected chi connectivity index (χ3v) is 5.92. The van der Waals surface area contributed by atoms with Gasteiger partial charge in [-0.25, -0.2) is 4.98 Å². The highest BCUT2D eigenvalue weighted by atomic mass is 16.5. The molecule has 0 radical (unpaired) electrons. The molecule has 34 heavy (non-hydrogen) atoms. The smallest absolute Gasteiger partial charge is 0.129 e. The van der Waals surface area contributed by atoms with E-state index in [-0.39, 0.29) is 0 Å². The Kier molecular flexibility index (Phi) is 4.88. The SMILES string of the molecule is Cc1ccc(Oc2ccc(C3=Nc4ccc(Oc5ccc6nc(C)[nH]c6c5)cc4C3)cc2)cc1. The largest absolute Gasteiger partial charge is 0.457 e. The van der Waals surface area contributed by atoms with Crippen LogP contribution < -0.4 is 9.47 Å². The Morgan fingerprint density at radius 1 is 0.706 bits per heavy atom. The van der Waals surface area contributed by atoms with Crippen LogP contribution in [0.25, 0.3) is 11.0 Å². The highest BCUT2D eigenvalue weighted by Gasteiger charge is 2.17. The third kappa shape index (κ3) is 4.04. The molecule has 5 nitrogen and oxygen atoms in total. The van der Waals surface area contributed by atoms with Gasteiger partial charge in [-0.2, -0.15) is 0 Å². The zero-order valence-corrected chi connectivity index (χ0v) is 19.0. The summed E-state index contributed by atoms with van der Waals surface area (Å²) >= 11 is 0. The lowest BCUT2D eigenvalue weighted by Crippen LogP contribution is -2.00. The fourth-order valence-electron chi connectivity index (χ4n) is 4.18. The number of hydrogen-bond acceptors (Lipinski definition) is 4. The summed E-state index contributed by atoms with van der Waals surface area (Å²) < 4.78 is 12.1. The molecule has 1 aliphatic rings. The number of aliphatic imine (C=N–C) groups is 1. The van der Waals surface area contributed by atoms with Crippen LogP contribution in [0.2, 0.25) is 0 Å². The number of fused-ring (bicyclic) bond motifs is 2. The number of nitrogens with zero attached hydrogens (tertiary/aromatic N) is 2. The number of rotatable bonds is 5. The van der Waals surface area contributed by atoms with E-state index in [9.17, 15) is 0 Å². The van der Waals surface area contributed by atoms with Crippen molar-refractivity contribution in [3.8, 4) is 23.0 Å². The van der Waals surface area contributed by atoms with E-state index in [2.05, 4.69) is 35.1 Å². The third-order valence-electron chi connectivity index (χ3n) is 5.92. The van der Waals surface area contributed by atoms with Crippen molar-refractivity contribution in [1.29, 1.82) is 0 Å². The molecule has 5 heteroatoms. The first-order valence-corrected chi connectivity index (χ1v) is 11.3. The van der Waals surface area contributed by atoms with Crippen LogP contribution in [0.4, 0.5) is 5.69 Å². The minimum atomic E-state index is 0.767. The van der Waals surface area contributed by atoms with Crippen molar-refractivity contribution in [2.45, 2.75) is 20.3 Å². The van der Waals surface area contributed by atoms with Gasteiger partial charge < -0.3 is 14.5 Å². The van der Waals surface area contributed by atoms with Crippen LogP contribution in [-0.2, 0) is 6.42 Å². The number of aromatic nitrogens is 2. The molecule has 0 saturated heterocycles. The second kappa shape index (κ2) is 8.19. The van der Waals surface area contributed by atoms with Crippen molar-refractivity contribution in [2.75, 3.05) is 0 Å². The fourth-order valence-corrected chi connectivity index (χ4v) is 4.18. The number of hydrogen-bond donors (Lipinski definition) is 1. The lowest BCUT2D eigenvalue weighted by atomic mass is 10.0. The van der Waals surface area contributed by atoms with Crippen LogP contribution in [0, 0.1) is 13.8 Å². The van der Waals surface area contributed by atoms with Crippen molar-refractivity contribution >= 4 is 22.4 Å². The maximum atomic E-state index is 6.13. The van der Waals surface area contributed by atoms with Crippen LogP contribution in [0.5, 0.6) is 23.0 Å². The quantitative estimate of drug-likeness (QED) is 0.306. The first-order valence-electron chi connectivity index (χ1n) is 11.3. The summed E-state index contributed by atoms with van der Waals surface area (Å²) in [6.45, 7) is 4.01. The predicted octanol–water partition coefficient (Wildman–Crippen LogP) is 7.44. The molecule has 0 fully saturated rings. The summed E-state index contributed by atoms with van der Waals surface area (Å²) in [7, 11) is 0. The van der Waals surface area contributed by atoms with E-state index in [0.717, 1.165) is 68.8 Å². The van der Waals surface area contributed by atoms with Crippen molar-refractivity contribution in [3.63, 3.8) is 0 Å². The average molecular weight is 446 g/mol. The molecule has 0 unspecified atom stereocenters. The monoisotopic (exact) mass is 445 g/mol. The maximum absolute atomic E-state index is 6.13. The molecule has 0 atom stereocenters. The van der Waals surface area contributed by atoms with Crippen molar-refractivity contribution in [2.24, 2.45) is 4.99 Å². The lowest BCUT2D eigenvalue weighted by Gasteiger charge is -2.08. The van der Waals surface area contributed by atoms with Gasteiger partial charge in [0.1, 0.15) is 28.8 Å². The van der Waals surface area contributed by atoms with E-state index in [1.54, 1.807) is 0 Å². The second-order valence-electron chi connectivity index (χ2n) is 8.57. The Bertz CT molecular complexity index is 1530. The molecule has 4 aromatic carbocycles. The number of H-pyrrole nitrogens is 1. The molecular weight excluding hydrogens is 422 g/mol. The summed E-state index contributed by atoms with van der Waals surface area (Å²) in [5.41, 5.74) is 7.40. The van der Waals surface area contributed by atoms with E-state index >= 15 is 0 Å². The molecule has 1 aliphatic heterocycles. The Morgan fingerprint density at radius 3 is 2.15 bits per heavy atom. The van der Waals surface area contributed by atoms with E-state index in [1.807, 2.05) is 73.7 Å². The van der Waals surface area contributed by atoms with Gasteiger partial charge in [0.15, 0.2) is 0 Å². The van der Waals surface area contributed by atoms with Crippen LogP contribution in [0.1, 0.15) is 22.5 Å². The standard InChI is InChI=1S/C29H23N3O2/c1-18-3-7-22(8-4-18)33-23-9-5-20(6-10-23)28-16-21-15-24(11-13-26(21)32-28)34-25-12-14-27-29(17-25)31-19(2)30-27/h3-15,17H,16H2,1-2H3,(H,30,31). The van der Waals surface area contributed by atoms with Crippen LogP contribution in [0.15, 0.2) is 89.9 Å². The Morgan fingerprint density at radius 2 is 1.35 bits per heavy atom. The van der Waals surface area contributed by atoms with E-state index in [0.29, 0.717) is 0 Å². The van der Waals surface area contributed by atoms with Gasteiger partial charge in [-0.1, -0.05) is 17.7 Å². The van der Waals surface area contributed by atoms with Crippen LogP contribution in [-0.4, -0.2) is 15.7 Å². The molecule has 1 aromatic heterocycles. The Hall–Kier alpha value is -4.38. The number of imidazole rings is 1. The molecule has 0 amide bonds. The molecule has 0 spiro atoms. The van der Waals surface area contributed by atoms with Crippen LogP contribution in [0.3, 0.4) is 0 Å². The highest BCUT2D eigenvalue weighted by molar-refractivity contribution is 6.06. The first kappa shape index (κ1) is 20.2. The predicted molar refractivity (Wildman–Crippen MR) is 135 cm³/mol. The van der Waals surface area contributed by atoms with Crippen molar-refractivity contribution < 1.29 is 9.47 Å². The van der Waals surface area contributed by atoms with E-state index < -0.39 is 0 Å². The first-order chi connectivity index (χ1) is 16.6. The molecule has 5 aromatic rings. The number of aryl methyl sites for hydroxylation is 2. The molecule has 166 valence electrons. The normalized spacial score (nSPS) is 12.5. The zero-order valence-electron chi connectivity index (χ0n) is 19.0. The molecule has 6 rings (SSSR count). The van der Waals surface area contributed by atoms with Gasteiger partial charge in [-0.15, -0.1) is 0 Å². The number of nitrogens with one attached hydrogen (secondary N) is 1.